The minimum Gasteiger partial charge on any atom is -0.481 e. The van der Waals surface area contributed by atoms with Crippen molar-refractivity contribution in [2.75, 3.05) is 18.4 Å². The minimum absolute atomic E-state index is 0.188. The second kappa shape index (κ2) is 7.70. The molecule has 2 aliphatic rings. The Balaban J connectivity index is 1.60. The minimum atomic E-state index is -3.45. The Morgan fingerprint density at radius 1 is 1.12 bits per heavy atom. The predicted octanol–water partition coefficient (Wildman–Crippen LogP) is 2.31. The van der Waals surface area contributed by atoms with Crippen LogP contribution in [0.5, 0.6) is 0 Å². The molecule has 0 aromatic carbocycles. The molecule has 0 amide bonds. The zero-order chi connectivity index (χ0) is 17.9. The maximum Gasteiger partial charge on any atom is 0.306 e. The van der Waals surface area contributed by atoms with Gasteiger partial charge in [-0.1, -0.05) is 6.42 Å². The maximum absolute atomic E-state index is 12.6. The van der Waals surface area contributed by atoms with Crippen LogP contribution in [0.15, 0.2) is 23.2 Å². The Morgan fingerprint density at radius 2 is 1.80 bits per heavy atom. The Labute approximate surface area is 148 Å². The summed E-state index contributed by atoms with van der Waals surface area (Å²) < 4.78 is 26.7. The normalized spacial score (nSPS) is 25.4. The van der Waals surface area contributed by atoms with E-state index >= 15 is 0 Å². The van der Waals surface area contributed by atoms with Crippen molar-refractivity contribution >= 4 is 21.8 Å². The van der Waals surface area contributed by atoms with Crippen molar-refractivity contribution in [3.05, 3.63) is 18.3 Å². The maximum atomic E-state index is 12.6. The highest BCUT2D eigenvalue weighted by molar-refractivity contribution is 7.89. The third-order valence-electron chi connectivity index (χ3n) is 5.12. The van der Waals surface area contributed by atoms with Crippen LogP contribution in [0.1, 0.15) is 44.9 Å². The van der Waals surface area contributed by atoms with E-state index in [0.29, 0.717) is 31.7 Å². The fraction of sp³-hybridized carbons (Fsp3) is 0.647. The van der Waals surface area contributed by atoms with Gasteiger partial charge in [-0.3, -0.25) is 4.79 Å². The van der Waals surface area contributed by atoms with Crippen molar-refractivity contribution < 1.29 is 18.3 Å². The Hall–Kier alpha value is -1.67. The molecule has 0 atom stereocenters. The van der Waals surface area contributed by atoms with Gasteiger partial charge in [0.15, 0.2) is 0 Å². The van der Waals surface area contributed by atoms with Gasteiger partial charge in [-0.15, -0.1) is 0 Å². The van der Waals surface area contributed by atoms with Gasteiger partial charge in [-0.2, -0.15) is 4.31 Å². The van der Waals surface area contributed by atoms with Crippen LogP contribution in [0.25, 0.3) is 0 Å². The molecule has 0 spiro atoms. The van der Waals surface area contributed by atoms with E-state index in [9.17, 15) is 13.2 Å². The number of aliphatic carboxylic acids is 1. The van der Waals surface area contributed by atoms with E-state index in [1.54, 1.807) is 12.1 Å². The van der Waals surface area contributed by atoms with Crippen molar-refractivity contribution in [3.63, 3.8) is 0 Å². The number of hydrogen-bond donors (Lipinski definition) is 2. The van der Waals surface area contributed by atoms with Crippen LogP contribution in [0.3, 0.4) is 0 Å². The number of nitrogens with one attached hydrogen (secondary N) is 1. The van der Waals surface area contributed by atoms with Crippen molar-refractivity contribution in [2.45, 2.75) is 55.9 Å². The molecule has 1 aromatic rings. The molecule has 2 heterocycles. The number of rotatable bonds is 5. The van der Waals surface area contributed by atoms with Crippen molar-refractivity contribution in [2.24, 2.45) is 5.92 Å². The molecule has 1 aliphatic heterocycles. The highest BCUT2D eigenvalue weighted by Crippen LogP contribution is 2.27. The molecule has 138 valence electrons. The summed E-state index contributed by atoms with van der Waals surface area (Å²) in [4.78, 5) is 15.5. The molecular formula is C17H25N3O4S. The summed E-state index contributed by atoms with van der Waals surface area (Å²) in [6, 6.07) is 3.48. The summed E-state index contributed by atoms with van der Waals surface area (Å²) in [5, 5.41) is 12.3. The molecule has 1 aromatic heterocycles. The van der Waals surface area contributed by atoms with Crippen LogP contribution >= 0.6 is 0 Å². The first-order valence-corrected chi connectivity index (χ1v) is 10.4. The van der Waals surface area contributed by atoms with Crippen molar-refractivity contribution in [1.29, 1.82) is 0 Å². The van der Waals surface area contributed by atoms with E-state index in [0.717, 1.165) is 32.1 Å². The first-order valence-electron chi connectivity index (χ1n) is 8.92. The quantitative estimate of drug-likeness (QED) is 0.828. The number of aromatic nitrogens is 1. The number of anilines is 1. The lowest BCUT2D eigenvalue weighted by Crippen LogP contribution is -2.35. The summed E-state index contributed by atoms with van der Waals surface area (Å²) in [6.45, 7) is 1.16. The van der Waals surface area contributed by atoms with Crippen molar-refractivity contribution in [3.8, 4) is 0 Å². The van der Waals surface area contributed by atoms with Crippen LogP contribution < -0.4 is 5.32 Å². The fourth-order valence-electron chi connectivity index (χ4n) is 3.57. The monoisotopic (exact) mass is 367 g/mol. The molecule has 7 nitrogen and oxygen atoms in total. The summed E-state index contributed by atoms with van der Waals surface area (Å²) in [7, 11) is -3.45. The lowest BCUT2D eigenvalue weighted by molar-refractivity contribution is -0.142. The van der Waals surface area contributed by atoms with Gasteiger partial charge in [0.25, 0.3) is 0 Å². The number of sulfonamides is 1. The Bertz CT molecular complexity index is 691. The van der Waals surface area contributed by atoms with E-state index in [1.807, 2.05) is 0 Å². The van der Waals surface area contributed by atoms with Gasteiger partial charge in [0.05, 0.1) is 5.92 Å². The summed E-state index contributed by atoms with van der Waals surface area (Å²) >= 11 is 0. The molecule has 25 heavy (non-hydrogen) atoms. The molecule has 0 radical (unpaired) electrons. The van der Waals surface area contributed by atoms with Gasteiger partial charge in [-0.25, -0.2) is 13.4 Å². The highest BCUT2D eigenvalue weighted by Gasteiger charge is 2.27. The number of pyridine rings is 1. The zero-order valence-corrected chi connectivity index (χ0v) is 15.0. The second-order valence-corrected chi connectivity index (χ2v) is 8.81. The van der Waals surface area contributed by atoms with E-state index < -0.39 is 16.0 Å². The molecule has 1 aliphatic carbocycles. The van der Waals surface area contributed by atoms with Gasteiger partial charge in [0, 0.05) is 25.3 Å². The molecule has 8 heteroatoms. The van der Waals surface area contributed by atoms with Gasteiger partial charge in [0.2, 0.25) is 10.0 Å². The van der Waals surface area contributed by atoms with Crippen LogP contribution in [0.4, 0.5) is 5.82 Å². The first-order chi connectivity index (χ1) is 12.0. The lowest BCUT2D eigenvalue weighted by atomic mass is 9.86. The number of nitrogens with zero attached hydrogens (tertiary/aromatic N) is 2. The highest BCUT2D eigenvalue weighted by atomic mass is 32.2. The van der Waals surface area contributed by atoms with Gasteiger partial charge in [-0.05, 0) is 50.7 Å². The molecule has 0 bridgehead atoms. The standard InChI is InChI=1S/C17H25N3O4S/c21-17(22)13-4-6-14(7-5-13)19-16-9-8-15(12-18-16)25(23,24)20-10-2-1-3-11-20/h8-9,12-14H,1-7,10-11H2,(H,18,19)(H,21,22). The summed E-state index contributed by atoms with van der Waals surface area (Å²) in [6.07, 6.45) is 7.20. The number of carboxylic acids is 1. The number of carbonyl (C=O) groups is 1. The molecule has 1 saturated heterocycles. The van der Waals surface area contributed by atoms with Crippen LogP contribution in [-0.2, 0) is 14.8 Å². The van der Waals surface area contributed by atoms with E-state index in [2.05, 4.69) is 10.3 Å². The summed E-state index contributed by atoms with van der Waals surface area (Å²) in [5.74, 6) is -0.330. The third kappa shape index (κ3) is 4.30. The SMILES string of the molecule is O=C(O)C1CCC(Nc2ccc(S(=O)(=O)N3CCCCC3)cn2)CC1. The van der Waals surface area contributed by atoms with Crippen LogP contribution in [-0.4, -0.2) is 47.9 Å². The molecule has 2 fully saturated rings. The van der Waals surface area contributed by atoms with Gasteiger partial charge in [0.1, 0.15) is 10.7 Å². The predicted molar refractivity (Wildman–Crippen MR) is 93.9 cm³/mol. The van der Waals surface area contributed by atoms with E-state index in [1.165, 1.54) is 10.5 Å². The average molecular weight is 367 g/mol. The molecule has 0 unspecified atom stereocenters. The van der Waals surface area contributed by atoms with Gasteiger partial charge >= 0.3 is 5.97 Å². The summed E-state index contributed by atoms with van der Waals surface area (Å²) in [5.41, 5.74) is 0. The van der Waals surface area contributed by atoms with Gasteiger partial charge < -0.3 is 10.4 Å². The smallest absolute Gasteiger partial charge is 0.306 e. The number of piperidine rings is 1. The first kappa shape index (κ1) is 18.1. The van der Waals surface area contributed by atoms with Crippen LogP contribution in [0.2, 0.25) is 0 Å². The molecular weight excluding hydrogens is 342 g/mol. The second-order valence-electron chi connectivity index (χ2n) is 6.88. The lowest BCUT2D eigenvalue weighted by Gasteiger charge is -2.27. The largest absolute Gasteiger partial charge is 0.481 e. The van der Waals surface area contributed by atoms with E-state index in [4.69, 9.17) is 5.11 Å². The van der Waals surface area contributed by atoms with Crippen LogP contribution in [0, 0.1) is 5.92 Å². The number of hydrogen-bond acceptors (Lipinski definition) is 5. The van der Waals surface area contributed by atoms with E-state index in [-0.39, 0.29) is 16.9 Å². The molecule has 3 rings (SSSR count). The molecule has 1 saturated carbocycles. The topological polar surface area (TPSA) is 99.6 Å². The Kier molecular flexibility index (Phi) is 5.58. The average Bonchev–Trinajstić information content (AvgIpc) is 2.63. The van der Waals surface area contributed by atoms with Crippen molar-refractivity contribution in [1.82, 2.24) is 9.29 Å². The fourth-order valence-corrected chi connectivity index (χ4v) is 5.03. The zero-order valence-electron chi connectivity index (χ0n) is 14.2. The Morgan fingerprint density at radius 3 is 2.36 bits per heavy atom. The third-order valence-corrected chi connectivity index (χ3v) is 7.00. The molecule has 2 N–H and O–H groups in total. The number of carboxylic acid groups (broad SMARTS) is 1.